The lowest BCUT2D eigenvalue weighted by atomic mass is 9.99. The van der Waals surface area contributed by atoms with E-state index in [0.29, 0.717) is 25.7 Å². The summed E-state index contributed by atoms with van der Waals surface area (Å²) in [6.07, 6.45) is -6.77. The average Bonchev–Trinajstić information content (AvgIpc) is 3.65. The van der Waals surface area contributed by atoms with Gasteiger partial charge in [-0.1, -0.05) is 5.16 Å². The molecule has 3 aliphatic rings. The van der Waals surface area contributed by atoms with E-state index < -0.39 is 97.1 Å². The molecule has 4 unspecified atom stereocenters. The van der Waals surface area contributed by atoms with Crippen molar-refractivity contribution in [3.05, 3.63) is 0 Å². The molecule has 0 spiro atoms. The van der Waals surface area contributed by atoms with Gasteiger partial charge in [-0.15, -0.1) is 0 Å². The third-order valence-corrected chi connectivity index (χ3v) is 7.67. The van der Waals surface area contributed by atoms with Gasteiger partial charge in [0.25, 0.3) is 12.2 Å². The number of oxime groups is 1. The number of carbonyl (C=O) groups is 5. The molecule has 3 rings (SSSR count). The zero-order valence-corrected chi connectivity index (χ0v) is 23.8. The Labute approximate surface area is 246 Å². The molecule has 18 heteroatoms. The molecule has 3 heterocycles. The van der Waals surface area contributed by atoms with Crippen molar-refractivity contribution < 1.29 is 59.1 Å². The SMILES string of the molecule is CC(O)[C@H](NC(=O)[C@@H]1CCCN1C(=O)[C@H](C)NC(=O)[C@@H]1CCCN1C(=O)/C=N/O[C@@H]1OC(CO)[C@H](O)C(O)C1O)C(N)=O. The fourth-order valence-corrected chi connectivity index (χ4v) is 5.27. The number of nitrogens with zero attached hydrogens (tertiary/aromatic N) is 3. The van der Waals surface area contributed by atoms with Gasteiger partial charge in [0.05, 0.1) is 12.7 Å². The van der Waals surface area contributed by atoms with Crippen LogP contribution in [0.4, 0.5) is 0 Å². The van der Waals surface area contributed by atoms with Crippen LogP contribution in [0.5, 0.6) is 0 Å². The van der Waals surface area contributed by atoms with Gasteiger partial charge in [0, 0.05) is 13.1 Å². The lowest BCUT2D eigenvalue weighted by Crippen LogP contribution is -2.58. The Bertz CT molecular complexity index is 1070. The maximum absolute atomic E-state index is 13.2. The summed E-state index contributed by atoms with van der Waals surface area (Å²) in [7, 11) is 0. The number of ether oxygens (including phenoxy) is 1. The van der Waals surface area contributed by atoms with Gasteiger partial charge in [0.2, 0.25) is 23.6 Å². The number of hydrogen-bond donors (Lipinski definition) is 8. The highest BCUT2D eigenvalue weighted by molar-refractivity contribution is 6.26. The van der Waals surface area contributed by atoms with Crippen LogP contribution in [0.15, 0.2) is 5.16 Å². The molecule has 9 N–H and O–H groups in total. The first-order chi connectivity index (χ1) is 20.3. The van der Waals surface area contributed by atoms with Crippen LogP contribution in [-0.2, 0) is 33.5 Å². The number of rotatable bonds is 11. The maximum Gasteiger partial charge on any atom is 0.269 e. The monoisotopic (exact) mass is 616 g/mol. The summed E-state index contributed by atoms with van der Waals surface area (Å²) < 4.78 is 5.14. The molecule has 0 saturated carbocycles. The van der Waals surface area contributed by atoms with Gasteiger partial charge in [-0.05, 0) is 39.5 Å². The number of primary amides is 1. The van der Waals surface area contributed by atoms with E-state index >= 15 is 0 Å². The van der Waals surface area contributed by atoms with Crippen LogP contribution in [0.2, 0.25) is 0 Å². The van der Waals surface area contributed by atoms with Crippen LogP contribution in [-0.4, -0.2) is 152 Å². The van der Waals surface area contributed by atoms with E-state index in [4.69, 9.17) is 15.3 Å². The Balaban J connectivity index is 1.56. The Morgan fingerprint density at radius 3 is 2.14 bits per heavy atom. The van der Waals surface area contributed by atoms with E-state index in [2.05, 4.69) is 15.8 Å². The Hall–Kier alpha value is -3.42. The van der Waals surface area contributed by atoms with Crippen molar-refractivity contribution in [3.8, 4) is 0 Å². The predicted molar refractivity (Wildman–Crippen MR) is 143 cm³/mol. The highest BCUT2D eigenvalue weighted by Gasteiger charge is 2.45. The molecule has 0 aromatic carbocycles. The fourth-order valence-electron chi connectivity index (χ4n) is 5.27. The number of aliphatic hydroxyl groups excluding tert-OH is 5. The minimum atomic E-state index is -1.72. The third-order valence-electron chi connectivity index (χ3n) is 7.67. The molecule has 0 bridgehead atoms. The molecular weight excluding hydrogens is 576 g/mol. The van der Waals surface area contributed by atoms with Crippen LogP contribution in [0.3, 0.4) is 0 Å². The van der Waals surface area contributed by atoms with Gasteiger partial charge < -0.3 is 61.3 Å². The Morgan fingerprint density at radius 1 is 0.977 bits per heavy atom. The zero-order valence-electron chi connectivity index (χ0n) is 23.8. The maximum atomic E-state index is 13.2. The van der Waals surface area contributed by atoms with Crippen molar-refractivity contribution in [2.45, 2.75) is 101 Å². The van der Waals surface area contributed by atoms with Crippen LogP contribution in [0.1, 0.15) is 39.5 Å². The van der Waals surface area contributed by atoms with Crippen molar-refractivity contribution in [2.75, 3.05) is 19.7 Å². The Morgan fingerprint density at radius 2 is 1.56 bits per heavy atom. The van der Waals surface area contributed by atoms with Crippen LogP contribution in [0.25, 0.3) is 0 Å². The average molecular weight is 617 g/mol. The van der Waals surface area contributed by atoms with Crippen LogP contribution in [0, 0.1) is 0 Å². The van der Waals surface area contributed by atoms with Gasteiger partial charge in [0.1, 0.15) is 54.8 Å². The number of hydrogen-bond acceptors (Lipinski definition) is 13. The first-order valence-corrected chi connectivity index (χ1v) is 14.0. The standard InChI is InChI=1S/C25H40N6O12/c1-11(24(41)31-8-4-6-14(31)23(40)29-17(12(2)33)21(26)38)28-22(39)13-5-3-7-30(13)16(34)9-27-43-25-20(37)19(36)18(35)15(10-32)42-25/h9,11-15,17-20,25,32-33,35-37H,3-8,10H2,1-2H3,(H2,26,38)(H,28,39)(H,29,40)/b27-9+/t11-,12?,13-,14-,15?,17-,18-,19?,20?,25-/m0/s1. The van der Waals surface area contributed by atoms with Crippen molar-refractivity contribution >= 4 is 35.8 Å². The number of nitrogens with two attached hydrogens (primary N) is 1. The van der Waals surface area contributed by atoms with Crippen LogP contribution < -0.4 is 16.4 Å². The number of aliphatic hydroxyl groups is 5. The number of amides is 5. The molecule has 0 aromatic heterocycles. The lowest BCUT2D eigenvalue weighted by molar-refractivity contribution is -0.301. The second kappa shape index (κ2) is 14.8. The summed E-state index contributed by atoms with van der Waals surface area (Å²) in [5.41, 5.74) is 5.23. The first kappa shape index (κ1) is 34.1. The summed E-state index contributed by atoms with van der Waals surface area (Å²) in [6.45, 7) is 2.48. The summed E-state index contributed by atoms with van der Waals surface area (Å²) in [6, 6.07) is -4.28. The Kier molecular flexibility index (Phi) is 11.8. The topological polar surface area (TPSA) is 274 Å². The summed E-state index contributed by atoms with van der Waals surface area (Å²) >= 11 is 0. The minimum absolute atomic E-state index is 0.198. The van der Waals surface area contributed by atoms with Crippen molar-refractivity contribution in [3.63, 3.8) is 0 Å². The molecule has 10 atom stereocenters. The minimum Gasteiger partial charge on any atom is -0.394 e. The summed E-state index contributed by atoms with van der Waals surface area (Å²) in [4.78, 5) is 70.8. The van der Waals surface area contributed by atoms with E-state index in [-0.39, 0.29) is 13.1 Å². The zero-order chi connectivity index (χ0) is 32.0. The molecule has 3 fully saturated rings. The van der Waals surface area contributed by atoms with Crippen molar-refractivity contribution in [1.82, 2.24) is 20.4 Å². The number of nitrogens with one attached hydrogen (secondary N) is 2. The van der Waals surface area contributed by atoms with Crippen LogP contribution >= 0.6 is 0 Å². The second-order valence-corrected chi connectivity index (χ2v) is 10.8. The van der Waals surface area contributed by atoms with E-state index in [9.17, 15) is 49.5 Å². The molecule has 242 valence electrons. The molecule has 3 aliphatic heterocycles. The van der Waals surface area contributed by atoms with Crippen molar-refractivity contribution in [1.29, 1.82) is 0 Å². The lowest BCUT2D eigenvalue weighted by Gasteiger charge is -2.38. The summed E-state index contributed by atoms with van der Waals surface area (Å²) in [5.74, 6) is -3.48. The highest BCUT2D eigenvalue weighted by atomic mass is 16.8. The van der Waals surface area contributed by atoms with E-state index in [1.807, 2.05) is 0 Å². The molecule has 0 radical (unpaired) electrons. The quantitative estimate of drug-likeness (QED) is 0.0798. The van der Waals surface area contributed by atoms with Gasteiger partial charge in [-0.2, -0.15) is 0 Å². The molecule has 5 amide bonds. The van der Waals surface area contributed by atoms with E-state index in [1.54, 1.807) is 0 Å². The van der Waals surface area contributed by atoms with E-state index in [1.165, 1.54) is 23.6 Å². The normalized spacial score (nSPS) is 31.4. The molecule has 3 saturated heterocycles. The highest BCUT2D eigenvalue weighted by Crippen LogP contribution is 2.23. The first-order valence-electron chi connectivity index (χ1n) is 14.0. The molecule has 0 aromatic rings. The smallest absolute Gasteiger partial charge is 0.269 e. The molecule has 18 nitrogen and oxygen atoms in total. The predicted octanol–water partition coefficient (Wildman–Crippen LogP) is -5.37. The second-order valence-electron chi connectivity index (χ2n) is 10.8. The molecular formula is C25H40N6O12. The largest absolute Gasteiger partial charge is 0.394 e. The number of likely N-dealkylation sites (tertiary alicyclic amines) is 2. The van der Waals surface area contributed by atoms with Gasteiger partial charge in [-0.3, -0.25) is 24.0 Å². The van der Waals surface area contributed by atoms with Gasteiger partial charge in [0.15, 0.2) is 0 Å². The van der Waals surface area contributed by atoms with Crippen molar-refractivity contribution in [2.24, 2.45) is 10.9 Å². The molecule has 43 heavy (non-hydrogen) atoms. The van der Waals surface area contributed by atoms with E-state index in [0.717, 1.165) is 6.21 Å². The third kappa shape index (κ3) is 7.95. The summed E-state index contributed by atoms with van der Waals surface area (Å²) in [5, 5.41) is 57.0. The van der Waals surface area contributed by atoms with Gasteiger partial charge in [-0.25, -0.2) is 0 Å². The number of carbonyl (C=O) groups excluding carboxylic acids is 5. The fraction of sp³-hybridized carbons (Fsp3) is 0.760. The van der Waals surface area contributed by atoms with Gasteiger partial charge >= 0.3 is 0 Å². The molecule has 0 aliphatic carbocycles.